The normalized spacial score (nSPS) is 16.4. The lowest BCUT2D eigenvalue weighted by Crippen LogP contribution is -2.51. The van der Waals surface area contributed by atoms with Gasteiger partial charge in [0.05, 0.1) is 18.4 Å². The van der Waals surface area contributed by atoms with Gasteiger partial charge in [-0.25, -0.2) is 12.8 Å². The lowest BCUT2D eigenvalue weighted by molar-refractivity contribution is 0.205. The molecule has 0 amide bonds. The van der Waals surface area contributed by atoms with Crippen molar-refractivity contribution in [2.24, 2.45) is 10.7 Å². The van der Waals surface area contributed by atoms with E-state index < -0.39 is 15.9 Å². The molecule has 0 aliphatic carbocycles. The van der Waals surface area contributed by atoms with E-state index in [0.29, 0.717) is 26.2 Å². The second kappa shape index (κ2) is 10.5. The summed E-state index contributed by atoms with van der Waals surface area (Å²) in [5, 5.41) is 11.7. The fourth-order valence-corrected chi connectivity index (χ4v) is 5.44. The molecule has 3 N–H and O–H groups in total. The molecule has 1 fully saturated rings. The fourth-order valence-electron chi connectivity index (χ4n) is 2.97. The van der Waals surface area contributed by atoms with Crippen LogP contribution in [0.5, 0.6) is 0 Å². The molecule has 0 radical (unpaired) electrons. The van der Waals surface area contributed by atoms with Gasteiger partial charge in [0.15, 0.2) is 15.8 Å². The molecular weight excluding hydrogens is 530 g/mol. The Labute approximate surface area is 191 Å². The summed E-state index contributed by atoms with van der Waals surface area (Å²) in [5.41, 5.74) is 6.96. The molecule has 29 heavy (non-hydrogen) atoms. The zero-order valence-electron chi connectivity index (χ0n) is 15.6. The minimum absolute atomic E-state index is 0. The predicted molar refractivity (Wildman–Crippen MR) is 124 cm³/mol. The number of hydrogen-bond acceptors (Lipinski definition) is 6. The summed E-state index contributed by atoms with van der Waals surface area (Å²) in [6.07, 6.45) is -1.12. The number of benzene rings is 1. The molecule has 0 saturated carbocycles. The molecule has 11 heteroatoms. The Balaban J connectivity index is 0.00000300. The summed E-state index contributed by atoms with van der Waals surface area (Å²) in [6.45, 7) is 2.61. The quantitative estimate of drug-likeness (QED) is 0.321. The van der Waals surface area contributed by atoms with Gasteiger partial charge in [-0.1, -0.05) is 6.07 Å². The standard InChI is InChI=1S/C18H23FN4O3S2.HI/c19-14-3-5-15(6-4-14)22-7-9-23(10-8-22)18(20)21-12-16(24)13-28(25,26)17-2-1-11-27-17;/h1-6,11,16,24H,7-10,12-13H2,(H2,20,21);1H. The van der Waals surface area contributed by atoms with Gasteiger partial charge in [-0.2, -0.15) is 0 Å². The second-order valence-electron chi connectivity index (χ2n) is 6.52. The van der Waals surface area contributed by atoms with Crippen LogP contribution >= 0.6 is 35.3 Å². The molecule has 1 saturated heterocycles. The van der Waals surface area contributed by atoms with Crippen molar-refractivity contribution in [3.05, 3.63) is 47.6 Å². The number of piperazine rings is 1. The van der Waals surface area contributed by atoms with Gasteiger partial charge in [0.2, 0.25) is 0 Å². The Morgan fingerprint density at radius 2 is 1.86 bits per heavy atom. The van der Waals surface area contributed by atoms with Crippen molar-refractivity contribution in [1.29, 1.82) is 0 Å². The maximum absolute atomic E-state index is 13.0. The molecule has 2 heterocycles. The molecule has 1 aliphatic rings. The fraction of sp³-hybridized carbons (Fsp3) is 0.389. The zero-order chi connectivity index (χ0) is 20.1. The van der Waals surface area contributed by atoms with E-state index in [2.05, 4.69) is 9.89 Å². The van der Waals surface area contributed by atoms with Crippen LogP contribution in [0.1, 0.15) is 0 Å². The third kappa shape index (κ3) is 6.52. The number of aliphatic hydroxyl groups excluding tert-OH is 1. The third-order valence-electron chi connectivity index (χ3n) is 4.47. The van der Waals surface area contributed by atoms with E-state index in [-0.39, 0.29) is 52.3 Å². The minimum Gasteiger partial charge on any atom is -0.390 e. The van der Waals surface area contributed by atoms with Gasteiger partial charge in [0.1, 0.15) is 10.0 Å². The van der Waals surface area contributed by atoms with Crippen molar-refractivity contribution in [3.63, 3.8) is 0 Å². The number of hydrogen-bond donors (Lipinski definition) is 2. The van der Waals surface area contributed by atoms with Crippen molar-refractivity contribution in [3.8, 4) is 0 Å². The summed E-state index contributed by atoms with van der Waals surface area (Å²) in [4.78, 5) is 8.18. The molecular formula is C18H24FIN4O3S2. The highest BCUT2D eigenvalue weighted by atomic mass is 127. The first-order valence-corrected chi connectivity index (χ1v) is 11.4. The van der Waals surface area contributed by atoms with Crippen LogP contribution in [0.4, 0.5) is 10.1 Å². The molecule has 160 valence electrons. The predicted octanol–water partition coefficient (Wildman–Crippen LogP) is 1.78. The highest BCUT2D eigenvalue weighted by molar-refractivity contribution is 14.0. The number of guanidine groups is 1. The van der Waals surface area contributed by atoms with Gasteiger partial charge < -0.3 is 20.6 Å². The molecule has 1 aromatic heterocycles. The van der Waals surface area contributed by atoms with Crippen LogP contribution < -0.4 is 10.6 Å². The van der Waals surface area contributed by atoms with Crippen LogP contribution in [0.2, 0.25) is 0 Å². The summed E-state index contributed by atoms with van der Waals surface area (Å²) in [6, 6.07) is 9.53. The number of sulfone groups is 1. The Hall–Kier alpha value is -1.44. The number of nitrogens with zero attached hydrogens (tertiary/aromatic N) is 3. The Kier molecular flexibility index (Phi) is 8.67. The number of thiophene rings is 1. The number of aliphatic hydroxyl groups is 1. The van der Waals surface area contributed by atoms with Gasteiger partial charge in [-0.3, -0.25) is 4.99 Å². The van der Waals surface area contributed by atoms with Crippen molar-refractivity contribution in [2.75, 3.05) is 43.4 Å². The monoisotopic (exact) mass is 554 g/mol. The molecule has 0 spiro atoms. The van der Waals surface area contributed by atoms with E-state index >= 15 is 0 Å². The topological polar surface area (TPSA) is 99.2 Å². The lowest BCUT2D eigenvalue weighted by Gasteiger charge is -2.36. The molecule has 3 rings (SSSR count). The van der Waals surface area contributed by atoms with Crippen LogP contribution in [-0.2, 0) is 9.84 Å². The van der Waals surface area contributed by atoms with Crippen molar-refractivity contribution in [2.45, 2.75) is 10.3 Å². The number of rotatable bonds is 6. The first-order chi connectivity index (χ1) is 13.3. The van der Waals surface area contributed by atoms with Crippen molar-refractivity contribution < 1.29 is 17.9 Å². The van der Waals surface area contributed by atoms with E-state index in [1.165, 1.54) is 18.2 Å². The average Bonchev–Trinajstić information content (AvgIpc) is 3.22. The summed E-state index contributed by atoms with van der Waals surface area (Å²) >= 11 is 1.12. The average molecular weight is 554 g/mol. The number of aliphatic imine (C=N–C) groups is 1. The Bertz CT molecular complexity index is 900. The van der Waals surface area contributed by atoms with Crippen LogP contribution in [0, 0.1) is 5.82 Å². The minimum atomic E-state index is -3.52. The number of halogens is 2. The Morgan fingerprint density at radius 3 is 2.45 bits per heavy atom. The largest absolute Gasteiger partial charge is 0.390 e. The molecule has 2 aromatic rings. The van der Waals surface area contributed by atoms with Gasteiger partial charge in [0.25, 0.3) is 0 Å². The highest BCUT2D eigenvalue weighted by Gasteiger charge is 2.22. The van der Waals surface area contributed by atoms with Crippen LogP contribution in [0.25, 0.3) is 0 Å². The third-order valence-corrected chi connectivity index (χ3v) is 7.76. The maximum atomic E-state index is 13.0. The molecule has 0 bridgehead atoms. The Morgan fingerprint density at radius 1 is 1.21 bits per heavy atom. The van der Waals surface area contributed by atoms with E-state index in [1.807, 2.05) is 4.90 Å². The second-order valence-corrected chi connectivity index (χ2v) is 9.73. The van der Waals surface area contributed by atoms with Gasteiger partial charge >= 0.3 is 0 Å². The lowest BCUT2D eigenvalue weighted by atomic mass is 10.2. The van der Waals surface area contributed by atoms with Crippen molar-refractivity contribution >= 4 is 56.8 Å². The van der Waals surface area contributed by atoms with Crippen LogP contribution in [0.3, 0.4) is 0 Å². The van der Waals surface area contributed by atoms with Crippen LogP contribution in [0.15, 0.2) is 51.0 Å². The van der Waals surface area contributed by atoms with Gasteiger partial charge in [-0.15, -0.1) is 35.3 Å². The number of anilines is 1. The SMILES string of the molecule is I.NC(=NCC(O)CS(=O)(=O)c1cccs1)N1CCN(c2ccc(F)cc2)CC1. The van der Waals surface area contributed by atoms with E-state index in [0.717, 1.165) is 17.0 Å². The summed E-state index contributed by atoms with van der Waals surface area (Å²) < 4.78 is 37.6. The molecule has 7 nitrogen and oxygen atoms in total. The first kappa shape index (κ1) is 23.8. The maximum Gasteiger partial charge on any atom is 0.191 e. The smallest absolute Gasteiger partial charge is 0.191 e. The first-order valence-electron chi connectivity index (χ1n) is 8.85. The highest BCUT2D eigenvalue weighted by Crippen LogP contribution is 2.19. The van der Waals surface area contributed by atoms with E-state index in [1.54, 1.807) is 23.6 Å². The number of nitrogens with two attached hydrogens (primary N) is 1. The molecule has 1 unspecified atom stereocenters. The zero-order valence-corrected chi connectivity index (χ0v) is 19.6. The van der Waals surface area contributed by atoms with Crippen LogP contribution in [-0.4, -0.2) is 69.0 Å². The van der Waals surface area contributed by atoms with E-state index in [9.17, 15) is 17.9 Å². The molecule has 1 aliphatic heterocycles. The van der Waals surface area contributed by atoms with Gasteiger partial charge in [-0.05, 0) is 35.7 Å². The summed E-state index contributed by atoms with van der Waals surface area (Å²) in [5.74, 6) is -0.368. The summed E-state index contributed by atoms with van der Waals surface area (Å²) in [7, 11) is -3.52. The molecule has 1 atom stereocenters. The van der Waals surface area contributed by atoms with Gasteiger partial charge in [0, 0.05) is 31.9 Å². The van der Waals surface area contributed by atoms with E-state index in [4.69, 9.17) is 5.73 Å². The molecule has 1 aromatic carbocycles. The van der Waals surface area contributed by atoms with Crippen molar-refractivity contribution in [1.82, 2.24) is 4.90 Å².